The molecular formula is C26H30N4O2. The minimum atomic E-state index is -0.303. The lowest BCUT2D eigenvalue weighted by molar-refractivity contribution is -0.134. The van der Waals surface area contributed by atoms with E-state index >= 15 is 0 Å². The molecule has 0 aliphatic heterocycles. The molecule has 1 aromatic heterocycles. The zero-order valence-electron chi connectivity index (χ0n) is 18.9. The van der Waals surface area contributed by atoms with E-state index in [9.17, 15) is 9.59 Å². The predicted octanol–water partition coefficient (Wildman–Crippen LogP) is 4.85. The number of imidazole rings is 1. The molecule has 0 unspecified atom stereocenters. The van der Waals surface area contributed by atoms with Gasteiger partial charge in [0.05, 0.1) is 5.69 Å². The van der Waals surface area contributed by atoms with Crippen LogP contribution in [0.5, 0.6) is 0 Å². The summed E-state index contributed by atoms with van der Waals surface area (Å²) in [6.45, 7) is 9.96. The van der Waals surface area contributed by atoms with Crippen LogP contribution in [-0.2, 0) is 9.59 Å². The molecule has 32 heavy (non-hydrogen) atoms. The number of hydrogen-bond donors (Lipinski definition) is 1. The minimum Gasteiger partial charge on any atom is -0.330 e. The first-order valence-electron chi connectivity index (χ1n) is 10.8. The van der Waals surface area contributed by atoms with Gasteiger partial charge in [-0.25, -0.2) is 4.98 Å². The molecule has 0 spiro atoms. The van der Waals surface area contributed by atoms with Crippen LogP contribution < -0.4 is 5.32 Å². The van der Waals surface area contributed by atoms with Crippen molar-refractivity contribution in [2.75, 3.05) is 18.4 Å². The van der Waals surface area contributed by atoms with Crippen LogP contribution in [0.2, 0.25) is 0 Å². The number of aryl methyl sites for hydroxylation is 1. The van der Waals surface area contributed by atoms with Crippen molar-refractivity contribution in [3.8, 4) is 16.9 Å². The van der Waals surface area contributed by atoms with E-state index in [-0.39, 0.29) is 24.3 Å². The maximum absolute atomic E-state index is 12.9. The van der Waals surface area contributed by atoms with Crippen molar-refractivity contribution in [3.63, 3.8) is 0 Å². The fourth-order valence-corrected chi connectivity index (χ4v) is 3.34. The topological polar surface area (TPSA) is 67.2 Å². The third-order valence-electron chi connectivity index (χ3n) is 4.96. The Morgan fingerprint density at radius 2 is 1.81 bits per heavy atom. The molecule has 0 aliphatic carbocycles. The van der Waals surface area contributed by atoms with E-state index < -0.39 is 0 Å². The van der Waals surface area contributed by atoms with E-state index in [1.54, 1.807) is 6.08 Å². The molecule has 6 heteroatoms. The van der Waals surface area contributed by atoms with Crippen LogP contribution in [0, 0.1) is 12.8 Å². The lowest BCUT2D eigenvalue weighted by atomic mass is 10.1. The zero-order valence-corrected chi connectivity index (χ0v) is 18.9. The van der Waals surface area contributed by atoms with E-state index in [2.05, 4.69) is 16.9 Å². The van der Waals surface area contributed by atoms with Crippen LogP contribution in [0.25, 0.3) is 16.9 Å². The van der Waals surface area contributed by atoms with Crippen LogP contribution in [-0.4, -0.2) is 39.4 Å². The van der Waals surface area contributed by atoms with Gasteiger partial charge in [-0.05, 0) is 25.0 Å². The zero-order chi connectivity index (χ0) is 23.1. The molecule has 0 aliphatic rings. The summed E-state index contributed by atoms with van der Waals surface area (Å²) in [4.78, 5) is 31.6. The second kappa shape index (κ2) is 10.6. The molecule has 166 valence electrons. The Labute approximate surface area is 189 Å². The monoisotopic (exact) mass is 430 g/mol. The Hall–Kier alpha value is -3.67. The molecule has 0 atom stereocenters. The molecule has 2 aromatic carbocycles. The van der Waals surface area contributed by atoms with E-state index in [1.807, 2.05) is 86.1 Å². The van der Waals surface area contributed by atoms with Crippen LogP contribution in [0.4, 0.5) is 5.95 Å². The van der Waals surface area contributed by atoms with Gasteiger partial charge in [-0.1, -0.05) is 68.0 Å². The molecule has 1 heterocycles. The second-order valence-electron chi connectivity index (χ2n) is 8.23. The summed E-state index contributed by atoms with van der Waals surface area (Å²) in [5.74, 6) is 0.253. The van der Waals surface area contributed by atoms with E-state index in [0.717, 1.165) is 22.5 Å². The lowest BCUT2D eigenvalue weighted by Gasteiger charge is -2.21. The molecular weight excluding hydrogens is 400 g/mol. The third kappa shape index (κ3) is 5.94. The molecule has 0 fully saturated rings. The van der Waals surface area contributed by atoms with Gasteiger partial charge in [-0.15, -0.1) is 6.58 Å². The molecule has 2 amide bonds. The van der Waals surface area contributed by atoms with Crippen molar-refractivity contribution in [2.45, 2.75) is 27.2 Å². The van der Waals surface area contributed by atoms with Crippen molar-refractivity contribution < 1.29 is 9.59 Å². The van der Waals surface area contributed by atoms with Crippen LogP contribution in [0.3, 0.4) is 0 Å². The maximum atomic E-state index is 12.9. The number of amides is 2. The van der Waals surface area contributed by atoms with Gasteiger partial charge in [-0.3, -0.25) is 19.5 Å². The number of rotatable bonds is 9. The summed E-state index contributed by atoms with van der Waals surface area (Å²) in [5, 5.41) is 2.90. The molecule has 3 aromatic rings. The number of carbonyl (C=O) groups excluding carboxylic acids is 2. The molecule has 0 bridgehead atoms. The summed E-state index contributed by atoms with van der Waals surface area (Å²) < 4.78 is 1.85. The first-order chi connectivity index (χ1) is 15.4. The average molecular weight is 431 g/mol. The second-order valence-corrected chi connectivity index (χ2v) is 8.23. The maximum Gasteiger partial charge on any atom is 0.246 e. The van der Waals surface area contributed by atoms with Crippen molar-refractivity contribution in [1.82, 2.24) is 14.5 Å². The van der Waals surface area contributed by atoms with E-state index in [4.69, 9.17) is 0 Å². The van der Waals surface area contributed by atoms with Gasteiger partial charge in [0, 0.05) is 30.4 Å². The highest BCUT2D eigenvalue weighted by Crippen LogP contribution is 2.24. The number of aromatic nitrogens is 2. The van der Waals surface area contributed by atoms with Gasteiger partial charge < -0.3 is 4.90 Å². The summed E-state index contributed by atoms with van der Waals surface area (Å²) in [5.41, 5.74) is 3.74. The standard InChI is InChI=1S/C26H30N4O2/c1-5-15-29(25(32)16-19(2)3)18-24(31)28-26-27-23(21-9-7-6-8-10-21)17-30(26)22-13-11-20(4)12-14-22/h5-14,17,19H,1,15-16,18H2,2-4H3,(H,27,28,31). The van der Waals surface area contributed by atoms with Gasteiger partial charge in [0.15, 0.2) is 0 Å². The SMILES string of the molecule is C=CCN(CC(=O)Nc1nc(-c2ccccc2)cn1-c1ccc(C)cc1)C(=O)CC(C)C. The van der Waals surface area contributed by atoms with Crippen molar-refractivity contribution >= 4 is 17.8 Å². The van der Waals surface area contributed by atoms with Gasteiger partial charge in [-0.2, -0.15) is 0 Å². The molecule has 3 rings (SSSR count). The molecule has 1 N–H and O–H groups in total. The van der Waals surface area contributed by atoms with Crippen molar-refractivity contribution in [3.05, 3.63) is 79.0 Å². The van der Waals surface area contributed by atoms with E-state index in [1.165, 1.54) is 4.90 Å². The third-order valence-corrected chi connectivity index (χ3v) is 4.96. The summed E-state index contributed by atoms with van der Waals surface area (Å²) in [6.07, 6.45) is 3.92. The number of hydrogen-bond acceptors (Lipinski definition) is 3. The average Bonchev–Trinajstić information content (AvgIpc) is 3.17. The first kappa shape index (κ1) is 23.0. The number of anilines is 1. The molecule has 6 nitrogen and oxygen atoms in total. The van der Waals surface area contributed by atoms with Gasteiger partial charge in [0.2, 0.25) is 17.8 Å². The number of nitrogens with zero attached hydrogens (tertiary/aromatic N) is 3. The predicted molar refractivity (Wildman–Crippen MR) is 129 cm³/mol. The molecule has 0 saturated heterocycles. The Bertz CT molecular complexity index is 1070. The van der Waals surface area contributed by atoms with E-state index in [0.29, 0.717) is 18.9 Å². The van der Waals surface area contributed by atoms with Gasteiger partial charge in [0.1, 0.15) is 6.54 Å². The Kier molecular flexibility index (Phi) is 7.60. The van der Waals surface area contributed by atoms with Crippen molar-refractivity contribution in [2.24, 2.45) is 5.92 Å². The number of benzene rings is 2. The van der Waals surface area contributed by atoms with Crippen molar-refractivity contribution in [1.29, 1.82) is 0 Å². The fourth-order valence-electron chi connectivity index (χ4n) is 3.34. The Morgan fingerprint density at radius 3 is 2.44 bits per heavy atom. The van der Waals surface area contributed by atoms with Crippen LogP contribution in [0.1, 0.15) is 25.8 Å². The highest BCUT2D eigenvalue weighted by Gasteiger charge is 2.19. The minimum absolute atomic E-state index is 0.0565. The highest BCUT2D eigenvalue weighted by atomic mass is 16.2. The summed E-state index contributed by atoms with van der Waals surface area (Å²) in [6, 6.07) is 17.8. The normalized spacial score (nSPS) is 10.8. The Balaban J connectivity index is 1.87. The highest BCUT2D eigenvalue weighted by molar-refractivity contribution is 5.94. The van der Waals surface area contributed by atoms with Crippen LogP contribution in [0.15, 0.2) is 73.4 Å². The molecule has 0 saturated carbocycles. The quantitative estimate of drug-likeness (QED) is 0.494. The largest absolute Gasteiger partial charge is 0.330 e. The smallest absolute Gasteiger partial charge is 0.246 e. The fraction of sp³-hybridized carbons (Fsp3) is 0.269. The first-order valence-corrected chi connectivity index (χ1v) is 10.8. The number of nitrogens with one attached hydrogen (secondary N) is 1. The molecule has 0 radical (unpaired) electrons. The summed E-state index contributed by atoms with van der Waals surface area (Å²) >= 11 is 0. The number of carbonyl (C=O) groups is 2. The summed E-state index contributed by atoms with van der Waals surface area (Å²) in [7, 11) is 0. The van der Waals surface area contributed by atoms with Crippen LogP contribution >= 0.6 is 0 Å². The van der Waals surface area contributed by atoms with Gasteiger partial charge in [0.25, 0.3) is 0 Å². The Morgan fingerprint density at radius 1 is 1.12 bits per heavy atom. The van der Waals surface area contributed by atoms with Gasteiger partial charge >= 0.3 is 0 Å². The lowest BCUT2D eigenvalue weighted by Crippen LogP contribution is -2.38.